The molecule has 2 amide bonds. The molecular weight excluding hydrogens is 294 g/mol. The Morgan fingerprint density at radius 2 is 1.78 bits per heavy atom. The van der Waals surface area contributed by atoms with Gasteiger partial charge in [0.2, 0.25) is 5.91 Å². The largest absolute Gasteiger partial charge is 0.383 e. The fraction of sp³-hybridized carbons (Fsp3) is 0.529. The summed E-state index contributed by atoms with van der Waals surface area (Å²) >= 11 is 0. The van der Waals surface area contributed by atoms with Crippen molar-refractivity contribution in [1.82, 2.24) is 4.90 Å². The van der Waals surface area contributed by atoms with E-state index in [2.05, 4.69) is 5.32 Å². The van der Waals surface area contributed by atoms with E-state index in [-0.39, 0.29) is 18.4 Å². The Morgan fingerprint density at radius 1 is 1.17 bits per heavy atom. The smallest absolute Gasteiger partial charge is 0.253 e. The molecule has 0 saturated carbocycles. The lowest BCUT2D eigenvalue weighted by molar-refractivity contribution is -0.118. The molecule has 0 spiro atoms. The molecular formula is C17H25N3O3. The fourth-order valence-electron chi connectivity index (χ4n) is 2.64. The summed E-state index contributed by atoms with van der Waals surface area (Å²) in [6.45, 7) is 1.81. The summed E-state index contributed by atoms with van der Waals surface area (Å²) in [5, 5.41) is 2.71. The van der Waals surface area contributed by atoms with E-state index in [1.54, 1.807) is 24.3 Å². The van der Waals surface area contributed by atoms with Gasteiger partial charge in [-0.1, -0.05) is 12.8 Å². The van der Waals surface area contributed by atoms with Gasteiger partial charge in [0.15, 0.2) is 0 Å². The highest BCUT2D eigenvalue weighted by atomic mass is 16.5. The molecule has 0 bridgehead atoms. The van der Waals surface area contributed by atoms with Gasteiger partial charge in [-0.25, -0.2) is 0 Å². The third kappa shape index (κ3) is 5.04. The first-order valence-corrected chi connectivity index (χ1v) is 8.06. The predicted octanol–water partition coefficient (Wildman–Crippen LogP) is 1.61. The molecule has 3 N–H and O–H groups in total. The molecule has 1 aliphatic rings. The van der Waals surface area contributed by atoms with Crippen molar-refractivity contribution in [2.75, 3.05) is 32.1 Å². The first-order valence-electron chi connectivity index (χ1n) is 8.06. The van der Waals surface area contributed by atoms with E-state index in [9.17, 15) is 9.59 Å². The zero-order valence-corrected chi connectivity index (χ0v) is 13.6. The number of rotatable bonds is 5. The van der Waals surface area contributed by atoms with Crippen molar-refractivity contribution in [2.24, 2.45) is 5.73 Å². The Kier molecular flexibility index (Phi) is 6.55. The monoisotopic (exact) mass is 319 g/mol. The maximum atomic E-state index is 12.5. The Balaban J connectivity index is 1.95. The van der Waals surface area contributed by atoms with Gasteiger partial charge < -0.3 is 20.7 Å². The highest BCUT2D eigenvalue weighted by Gasteiger charge is 2.17. The average molecular weight is 319 g/mol. The summed E-state index contributed by atoms with van der Waals surface area (Å²) < 4.78 is 4.85. The minimum atomic E-state index is -0.710. The molecule has 126 valence electrons. The number of likely N-dealkylation sites (tertiary alicyclic amines) is 1. The van der Waals surface area contributed by atoms with Crippen LogP contribution >= 0.6 is 0 Å². The van der Waals surface area contributed by atoms with E-state index in [0.717, 1.165) is 25.9 Å². The zero-order valence-electron chi connectivity index (χ0n) is 13.6. The second-order valence-electron chi connectivity index (χ2n) is 5.83. The first kappa shape index (κ1) is 17.4. The fourth-order valence-corrected chi connectivity index (χ4v) is 2.64. The maximum absolute atomic E-state index is 12.5. The molecule has 23 heavy (non-hydrogen) atoms. The Hall–Kier alpha value is -1.92. The summed E-state index contributed by atoms with van der Waals surface area (Å²) in [5.74, 6) is -0.251. The predicted molar refractivity (Wildman–Crippen MR) is 89.3 cm³/mol. The quantitative estimate of drug-likeness (QED) is 0.863. The molecule has 1 aromatic carbocycles. The van der Waals surface area contributed by atoms with Gasteiger partial charge in [-0.3, -0.25) is 9.59 Å². The van der Waals surface area contributed by atoms with Gasteiger partial charge in [-0.15, -0.1) is 0 Å². The third-order valence-electron chi connectivity index (χ3n) is 3.98. The molecule has 1 atom stereocenters. The maximum Gasteiger partial charge on any atom is 0.253 e. The van der Waals surface area contributed by atoms with Crippen LogP contribution in [-0.4, -0.2) is 49.6 Å². The van der Waals surface area contributed by atoms with E-state index in [1.165, 1.54) is 20.0 Å². The molecule has 0 aromatic heterocycles. The van der Waals surface area contributed by atoms with Gasteiger partial charge >= 0.3 is 0 Å². The Morgan fingerprint density at radius 3 is 2.35 bits per heavy atom. The number of nitrogens with two attached hydrogens (primary N) is 1. The Labute approximate surface area is 137 Å². The SMILES string of the molecule is COCC(N)C(=O)Nc1ccc(C(=O)N2CCCCCC2)cc1. The normalized spacial score (nSPS) is 16.5. The van der Waals surface area contributed by atoms with Crippen LogP contribution in [0, 0.1) is 0 Å². The van der Waals surface area contributed by atoms with E-state index in [4.69, 9.17) is 10.5 Å². The number of carbonyl (C=O) groups is 2. The molecule has 0 aliphatic carbocycles. The lowest BCUT2D eigenvalue weighted by Gasteiger charge is -2.20. The number of hydrogen-bond donors (Lipinski definition) is 2. The number of ether oxygens (including phenoxy) is 1. The van der Waals surface area contributed by atoms with Gasteiger partial charge in [0, 0.05) is 31.5 Å². The minimum absolute atomic E-state index is 0.0564. The van der Waals surface area contributed by atoms with Gasteiger partial charge in [-0.2, -0.15) is 0 Å². The van der Waals surface area contributed by atoms with E-state index in [1.807, 2.05) is 4.90 Å². The molecule has 1 aromatic rings. The highest BCUT2D eigenvalue weighted by Crippen LogP contribution is 2.15. The molecule has 1 unspecified atom stereocenters. The minimum Gasteiger partial charge on any atom is -0.383 e. The molecule has 1 fully saturated rings. The van der Waals surface area contributed by atoms with Crippen molar-refractivity contribution in [2.45, 2.75) is 31.7 Å². The zero-order chi connectivity index (χ0) is 16.7. The number of carbonyl (C=O) groups excluding carboxylic acids is 2. The van der Waals surface area contributed by atoms with Crippen molar-refractivity contribution < 1.29 is 14.3 Å². The van der Waals surface area contributed by atoms with E-state index in [0.29, 0.717) is 11.3 Å². The standard InChI is InChI=1S/C17H25N3O3/c1-23-12-15(18)16(21)19-14-8-6-13(7-9-14)17(22)20-10-4-2-3-5-11-20/h6-9,15H,2-5,10-12,18H2,1H3,(H,19,21). The van der Waals surface area contributed by atoms with Crippen molar-refractivity contribution in [3.8, 4) is 0 Å². The summed E-state index contributed by atoms with van der Waals surface area (Å²) in [6.07, 6.45) is 4.52. The number of methoxy groups -OCH3 is 1. The summed E-state index contributed by atoms with van der Waals surface area (Å²) in [5.41, 5.74) is 6.93. The van der Waals surface area contributed by atoms with Crippen LogP contribution in [0.3, 0.4) is 0 Å². The molecule has 6 heteroatoms. The van der Waals surface area contributed by atoms with Gasteiger partial charge in [0.05, 0.1) is 6.61 Å². The number of nitrogens with zero attached hydrogens (tertiary/aromatic N) is 1. The average Bonchev–Trinajstić information content (AvgIpc) is 2.84. The number of benzene rings is 1. The van der Waals surface area contributed by atoms with Crippen molar-refractivity contribution in [1.29, 1.82) is 0 Å². The Bertz CT molecular complexity index is 522. The number of nitrogens with one attached hydrogen (secondary N) is 1. The summed E-state index contributed by atoms with van der Waals surface area (Å²) in [6, 6.07) is 6.22. The number of anilines is 1. The van der Waals surface area contributed by atoms with Gasteiger partial charge in [0.1, 0.15) is 6.04 Å². The topological polar surface area (TPSA) is 84.7 Å². The van der Waals surface area contributed by atoms with Crippen LogP contribution in [-0.2, 0) is 9.53 Å². The number of hydrogen-bond acceptors (Lipinski definition) is 4. The van der Waals surface area contributed by atoms with Crippen LogP contribution in [0.2, 0.25) is 0 Å². The molecule has 2 rings (SSSR count). The van der Waals surface area contributed by atoms with Crippen LogP contribution in [0.4, 0.5) is 5.69 Å². The second-order valence-corrected chi connectivity index (χ2v) is 5.83. The van der Waals surface area contributed by atoms with Crippen LogP contribution in [0.5, 0.6) is 0 Å². The van der Waals surface area contributed by atoms with Crippen LogP contribution in [0.25, 0.3) is 0 Å². The van der Waals surface area contributed by atoms with Crippen LogP contribution in [0.15, 0.2) is 24.3 Å². The first-order chi connectivity index (χ1) is 11.1. The highest BCUT2D eigenvalue weighted by molar-refractivity contribution is 5.97. The van der Waals surface area contributed by atoms with Crippen molar-refractivity contribution in [3.63, 3.8) is 0 Å². The lowest BCUT2D eigenvalue weighted by atomic mass is 10.1. The molecule has 6 nitrogen and oxygen atoms in total. The van der Waals surface area contributed by atoms with Crippen molar-refractivity contribution in [3.05, 3.63) is 29.8 Å². The molecule has 1 aliphatic heterocycles. The summed E-state index contributed by atoms with van der Waals surface area (Å²) in [4.78, 5) is 26.2. The van der Waals surface area contributed by atoms with Crippen LogP contribution in [0.1, 0.15) is 36.0 Å². The van der Waals surface area contributed by atoms with E-state index >= 15 is 0 Å². The summed E-state index contributed by atoms with van der Waals surface area (Å²) in [7, 11) is 1.50. The molecule has 1 heterocycles. The lowest BCUT2D eigenvalue weighted by Crippen LogP contribution is -2.39. The third-order valence-corrected chi connectivity index (χ3v) is 3.98. The second kappa shape index (κ2) is 8.64. The molecule has 0 radical (unpaired) electrons. The van der Waals surface area contributed by atoms with Crippen LogP contribution < -0.4 is 11.1 Å². The van der Waals surface area contributed by atoms with E-state index < -0.39 is 6.04 Å². The van der Waals surface area contributed by atoms with Gasteiger partial charge in [0.25, 0.3) is 5.91 Å². The van der Waals surface area contributed by atoms with Crippen molar-refractivity contribution >= 4 is 17.5 Å². The molecule has 1 saturated heterocycles. The number of amides is 2. The van der Waals surface area contributed by atoms with Gasteiger partial charge in [-0.05, 0) is 37.1 Å².